The fourth-order valence-electron chi connectivity index (χ4n) is 2.00. The minimum Gasteiger partial charge on any atom is -0.503 e. The Morgan fingerprint density at radius 3 is 2.54 bits per heavy atom. The Balaban J connectivity index is 2.08. The lowest BCUT2D eigenvalue weighted by Crippen LogP contribution is -2.33. The zero-order chi connectivity index (χ0) is 20.9. The van der Waals surface area contributed by atoms with E-state index in [1.807, 2.05) is 0 Å². The summed E-state index contributed by atoms with van der Waals surface area (Å²) in [6.07, 6.45) is 2.86. The van der Waals surface area contributed by atoms with Gasteiger partial charge in [0.05, 0.1) is 26.1 Å². The van der Waals surface area contributed by atoms with Crippen LogP contribution in [-0.4, -0.2) is 47.1 Å². The van der Waals surface area contributed by atoms with Crippen LogP contribution in [-0.2, 0) is 38.0 Å². The first-order valence-electron chi connectivity index (χ1n) is 7.68. The molecule has 0 aliphatic heterocycles. The minimum atomic E-state index is -4.32. The number of aryl methyl sites for hydroxylation is 1. The molecule has 0 radical (unpaired) electrons. The molecule has 1 heterocycles. The lowest BCUT2D eigenvalue weighted by atomic mass is 10.2. The second kappa shape index (κ2) is 8.63. The molecule has 2 N–H and O–H groups in total. The van der Waals surface area contributed by atoms with Crippen LogP contribution in [0.2, 0.25) is 0 Å². The van der Waals surface area contributed by atoms with Crippen LogP contribution in [0.4, 0.5) is 4.39 Å². The number of nitrogens with one attached hydrogen (secondary N) is 1. The highest BCUT2D eigenvalue weighted by atomic mass is 32.2. The molecule has 0 spiro atoms. The van der Waals surface area contributed by atoms with Gasteiger partial charge in [0.15, 0.2) is 10.8 Å². The number of aliphatic hydroxyl groups is 1. The summed E-state index contributed by atoms with van der Waals surface area (Å²) < 4.78 is 39.9. The van der Waals surface area contributed by atoms with Gasteiger partial charge in [-0.2, -0.15) is 8.42 Å². The quantitative estimate of drug-likeness (QED) is 0.382. The zero-order valence-electron chi connectivity index (χ0n) is 14.9. The van der Waals surface area contributed by atoms with Crippen LogP contribution in [0.15, 0.2) is 53.7 Å². The van der Waals surface area contributed by atoms with Crippen molar-refractivity contribution in [3.8, 4) is 0 Å². The average molecular weight is 412 g/mol. The van der Waals surface area contributed by atoms with Crippen LogP contribution in [0.25, 0.3) is 0 Å². The number of amides is 2. The number of hydrogen-bond acceptors (Lipinski definition) is 7. The van der Waals surface area contributed by atoms with Gasteiger partial charge in [0.2, 0.25) is 0 Å². The molecule has 0 saturated heterocycles. The summed E-state index contributed by atoms with van der Waals surface area (Å²) in [5, 5.41) is 10.1. The van der Waals surface area contributed by atoms with Crippen molar-refractivity contribution in [2.24, 2.45) is 7.05 Å². The largest absolute Gasteiger partial charge is 0.503 e. The van der Waals surface area contributed by atoms with Crippen molar-refractivity contribution >= 4 is 21.8 Å². The Bertz CT molecular complexity index is 1000. The van der Waals surface area contributed by atoms with Crippen molar-refractivity contribution in [1.82, 2.24) is 19.3 Å². The Labute approximate surface area is 159 Å². The lowest BCUT2D eigenvalue weighted by molar-refractivity contribution is -0.173. The van der Waals surface area contributed by atoms with Gasteiger partial charge in [0.25, 0.3) is 21.8 Å². The molecule has 1 aromatic heterocycles. The van der Waals surface area contributed by atoms with Gasteiger partial charge in [0, 0.05) is 13.2 Å². The summed E-state index contributed by atoms with van der Waals surface area (Å²) in [7, 11) is -1.61. The van der Waals surface area contributed by atoms with E-state index in [0.29, 0.717) is 11.6 Å². The number of imidazole rings is 1. The highest BCUT2D eigenvalue weighted by Crippen LogP contribution is 2.09. The van der Waals surface area contributed by atoms with Gasteiger partial charge in [0.1, 0.15) is 5.82 Å². The average Bonchev–Trinajstić information content (AvgIpc) is 3.08. The molecular formula is C16H17FN4O6S. The van der Waals surface area contributed by atoms with Gasteiger partial charge in [-0.1, -0.05) is 12.1 Å². The third kappa shape index (κ3) is 5.37. The molecule has 10 nitrogen and oxygen atoms in total. The highest BCUT2D eigenvalue weighted by molar-refractivity contribution is 7.90. The lowest BCUT2D eigenvalue weighted by Gasteiger charge is -2.18. The Hall–Kier alpha value is -3.25. The molecule has 0 atom stereocenters. The van der Waals surface area contributed by atoms with E-state index in [9.17, 15) is 27.5 Å². The first-order valence-corrected chi connectivity index (χ1v) is 9.16. The van der Waals surface area contributed by atoms with E-state index in [1.165, 1.54) is 49.3 Å². The maximum absolute atomic E-state index is 12.9. The van der Waals surface area contributed by atoms with Crippen LogP contribution in [0.5, 0.6) is 0 Å². The van der Waals surface area contributed by atoms with Crippen molar-refractivity contribution in [3.05, 3.63) is 60.0 Å². The number of carbonyl (C=O) groups is 2. The molecule has 2 aromatic rings. The number of nitrogens with zero attached hydrogens (tertiary/aromatic N) is 3. The normalized spacial score (nSPS) is 11.9. The van der Waals surface area contributed by atoms with Crippen molar-refractivity contribution in [3.63, 3.8) is 0 Å². The van der Waals surface area contributed by atoms with Crippen LogP contribution < -0.4 is 4.72 Å². The van der Waals surface area contributed by atoms with Gasteiger partial charge in [-0.15, -0.1) is 0 Å². The fourth-order valence-corrected chi connectivity index (χ4v) is 2.94. The van der Waals surface area contributed by atoms with Crippen molar-refractivity contribution in [1.29, 1.82) is 0 Å². The maximum atomic E-state index is 12.9. The summed E-state index contributed by atoms with van der Waals surface area (Å²) in [5.41, 5.74) is 0.520. The molecule has 0 aliphatic carbocycles. The molecule has 12 heteroatoms. The molecule has 150 valence electrons. The van der Waals surface area contributed by atoms with E-state index in [1.54, 1.807) is 4.72 Å². The van der Waals surface area contributed by atoms with Crippen molar-refractivity contribution in [2.75, 3.05) is 7.11 Å². The number of sulfonamides is 1. The summed E-state index contributed by atoms with van der Waals surface area (Å²) in [5.74, 6) is -3.96. The van der Waals surface area contributed by atoms with Crippen molar-refractivity contribution in [2.45, 2.75) is 11.6 Å². The number of hydroxylamine groups is 2. The topological polar surface area (TPSA) is 131 Å². The van der Waals surface area contributed by atoms with E-state index in [0.717, 1.165) is 11.3 Å². The Morgan fingerprint density at radius 1 is 1.36 bits per heavy atom. The first-order chi connectivity index (χ1) is 13.1. The molecule has 28 heavy (non-hydrogen) atoms. The molecule has 0 bridgehead atoms. The van der Waals surface area contributed by atoms with Crippen molar-refractivity contribution < 1.29 is 32.3 Å². The second-order valence-electron chi connectivity index (χ2n) is 5.53. The molecule has 0 unspecified atom stereocenters. The number of halogens is 1. The number of hydrogen-bond donors (Lipinski definition) is 2. The van der Waals surface area contributed by atoms with Gasteiger partial charge in [-0.3, -0.25) is 14.4 Å². The highest BCUT2D eigenvalue weighted by Gasteiger charge is 2.23. The summed E-state index contributed by atoms with van der Waals surface area (Å²) in [6.45, 7) is -0.104. The van der Waals surface area contributed by atoms with Gasteiger partial charge in [-0.25, -0.2) is 19.2 Å². The zero-order valence-corrected chi connectivity index (χ0v) is 15.7. The summed E-state index contributed by atoms with van der Waals surface area (Å²) in [4.78, 5) is 32.5. The van der Waals surface area contributed by atoms with Crippen LogP contribution >= 0.6 is 0 Å². The van der Waals surface area contributed by atoms with Gasteiger partial charge >= 0.3 is 0 Å². The fraction of sp³-hybridized carbons (Fsp3) is 0.188. The predicted molar refractivity (Wildman–Crippen MR) is 93.2 cm³/mol. The number of rotatable bonds is 7. The first kappa shape index (κ1) is 21.1. The molecule has 0 saturated carbocycles. The number of aromatic nitrogens is 2. The molecule has 0 fully saturated rings. The molecule has 1 aromatic carbocycles. The van der Waals surface area contributed by atoms with E-state index in [-0.39, 0.29) is 6.54 Å². The Kier molecular flexibility index (Phi) is 6.49. The summed E-state index contributed by atoms with van der Waals surface area (Å²) in [6, 6.07) is 5.22. The Morgan fingerprint density at radius 2 is 2.00 bits per heavy atom. The van der Waals surface area contributed by atoms with Gasteiger partial charge in [-0.05, 0) is 17.7 Å². The predicted octanol–water partition coefficient (Wildman–Crippen LogP) is 0.396. The van der Waals surface area contributed by atoms with E-state index < -0.39 is 38.4 Å². The molecule has 2 amide bonds. The standard InChI is InChI=1S/C16H17FN4O6S/c1-20-9-14(18-10-20)28(25,26)19-16(24)13(22)7-15(23)21(27-2)8-11-3-5-12(17)6-4-11/h3-7,9-10,22H,8H2,1-2H3,(H,19,24). The molecule has 0 aliphatic rings. The summed E-state index contributed by atoms with van der Waals surface area (Å²) >= 11 is 0. The molecule has 2 rings (SSSR count). The molecular weight excluding hydrogens is 395 g/mol. The smallest absolute Gasteiger partial charge is 0.300 e. The van der Waals surface area contributed by atoms with Crippen LogP contribution in [0.1, 0.15) is 5.56 Å². The third-order valence-electron chi connectivity index (χ3n) is 3.38. The third-order valence-corrected chi connectivity index (χ3v) is 4.60. The number of benzene rings is 1. The number of carbonyl (C=O) groups excluding carboxylic acids is 2. The SMILES string of the molecule is CON(Cc1ccc(F)cc1)C(=O)C=C(O)C(=O)NS(=O)(=O)c1cn(C)cn1. The monoisotopic (exact) mass is 412 g/mol. The minimum absolute atomic E-state index is 0.104. The second-order valence-corrected chi connectivity index (χ2v) is 7.15. The van der Waals surface area contributed by atoms with Gasteiger partial charge < -0.3 is 9.67 Å². The van der Waals surface area contributed by atoms with E-state index >= 15 is 0 Å². The van der Waals surface area contributed by atoms with Crippen LogP contribution in [0.3, 0.4) is 0 Å². The maximum Gasteiger partial charge on any atom is 0.300 e. The number of aliphatic hydroxyl groups excluding tert-OH is 1. The van der Waals surface area contributed by atoms with E-state index in [2.05, 4.69) is 4.98 Å². The van der Waals surface area contributed by atoms with E-state index in [4.69, 9.17) is 4.84 Å². The van der Waals surface area contributed by atoms with Crippen LogP contribution in [0, 0.1) is 5.82 Å².